The van der Waals surface area contributed by atoms with Gasteiger partial charge in [-0.15, -0.1) is 11.3 Å². The number of benzene rings is 1. The first-order valence-electron chi connectivity index (χ1n) is 8.42. The van der Waals surface area contributed by atoms with E-state index in [1.54, 1.807) is 0 Å². The van der Waals surface area contributed by atoms with Gasteiger partial charge in [-0.2, -0.15) is 0 Å². The Bertz CT molecular complexity index is 522. The molecule has 3 rings (SSSR count). The first-order chi connectivity index (χ1) is 10.3. The van der Waals surface area contributed by atoms with Gasteiger partial charge in [0.25, 0.3) is 0 Å². The van der Waals surface area contributed by atoms with Gasteiger partial charge in [-0.25, -0.2) is 4.98 Å². The van der Waals surface area contributed by atoms with Crippen molar-refractivity contribution in [2.45, 2.75) is 45.4 Å². The van der Waals surface area contributed by atoms with Gasteiger partial charge in [0.2, 0.25) is 0 Å². The molecule has 1 fully saturated rings. The number of para-hydroxylation sites is 1. The topological polar surface area (TPSA) is 16.1 Å². The van der Waals surface area contributed by atoms with E-state index in [-0.39, 0.29) is 0 Å². The normalized spacial score (nSPS) is 17.6. The summed E-state index contributed by atoms with van der Waals surface area (Å²) in [5, 5.41) is 1.30. The third-order valence-corrected chi connectivity index (χ3v) is 5.75. The second-order valence-corrected chi connectivity index (χ2v) is 7.37. The van der Waals surface area contributed by atoms with E-state index < -0.39 is 0 Å². The highest BCUT2D eigenvalue weighted by Gasteiger charge is 2.18. The van der Waals surface area contributed by atoms with E-state index in [0.29, 0.717) is 0 Å². The van der Waals surface area contributed by atoms with Gasteiger partial charge < -0.3 is 4.90 Å². The summed E-state index contributed by atoms with van der Waals surface area (Å²) in [4.78, 5) is 7.38. The third-order valence-electron chi connectivity index (χ3n) is 4.65. The molecule has 1 aromatic heterocycles. The number of rotatable bonds is 6. The van der Waals surface area contributed by atoms with Gasteiger partial charge in [-0.1, -0.05) is 38.3 Å². The molecule has 2 aromatic rings. The van der Waals surface area contributed by atoms with Crippen LogP contribution in [-0.2, 0) is 6.42 Å². The summed E-state index contributed by atoms with van der Waals surface area (Å²) in [6, 6.07) is 8.47. The summed E-state index contributed by atoms with van der Waals surface area (Å²) in [5.74, 6) is 0.989. The largest absolute Gasteiger partial charge is 0.303 e. The van der Waals surface area contributed by atoms with E-state index in [4.69, 9.17) is 4.98 Å². The standard InChI is InChI=1S/C18H26N2S/c1-2-3-6-15-9-12-20(13-10-15)14-11-18-19-16-7-4-5-8-17(16)21-18/h4-5,7-8,15H,2-3,6,9-14H2,1H3. The maximum atomic E-state index is 4.74. The van der Waals surface area contributed by atoms with Gasteiger partial charge in [0.1, 0.15) is 0 Å². The van der Waals surface area contributed by atoms with Gasteiger partial charge in [0.05, 0.1) is 15.2 Å². The first-order valence-corrected chi connectivity index (χ1v) is 9.23. The molecule has 0 saturated carbocycles. The zero-order valence-electron chi connectivity index (χ0n) is 13.1. The van der Waals surface area contributed by atoms with Crippen LogP contribution in [0.2, 0.25) is 0 Å². The zero-order chi connectivity index (χ0) is 14.5. The van der Waals surface area contributed by atoms with Crippen LogP contribution in [-0.4, -0.2) is 29.5 Å². The number of fused-ring (bicyclic) bond motifs is 1. The molecule has 0 radical (unpaired) electrons. The second kappa shape index (κ2) is 7.37. The van der Waals surface area contributed by atoms with E-state index in [9.17, 15) is 0 Å². The van der Waals surface area contributed by atoms with Gasteiger partial charge >= 0.3 is 0 Å². The Hall–Kier alpha value is -0.930. The molecule has 0 bridgehead atoms. The Morgan fingerprint density at radius 2 is 2.05 bits per heavy atom. The molecule has 0 atom stereocenters. The fraction of sp³-hybridized carbons (Fsp3) is 0.611. The molecule has 0 aliphatic carbocycles. The monoisotopic (exact) mass is 302 g/mol. The van der Waals surface area contributed by atoms with Crippen LogP contribution < -0.4 is 0 Å². The lowest BCUT2D eigenvalue weighted by molar-refractivity contribution is 0.179. The molecule has 21 heavy (non-hydrogen) atoms. The fourth-order valence-electron chi connectivity index (χ4n) is 3.27. The fourth-order valence-corrected chi connectivity index (χ4v) is 4.23. The van der Waals surface area contributed by atoms with Crippen molar-refractivity contribution in [2.75, 3.05) is 19.6 Å². The molecule has 114 valence electrons. The lowest BCUT2D eigenvalue weighted by Crippen LogP contribution is -2.35. The number of likely N-dealkylation sites (tertiary alicyclic amines) is 1. The third kappa shape index (κ3) is 4.04. The van der Waals surface area contributed by atoms with Crippen LogP contribution in [0.1, 0.15) is 44.0 Å². The maximum absolute atomic E-state index is 4.74. The Morgan fingerprint density at radius 3 is 2.81 bits per heavy atom. The molecule has 2 nitrogen and oxygen atoms in total. The average molecular weight is 302 g/mol. The highest BCUT2D eigenvalue weighted by atomic mass is 32.1. The van der Waals surface area contributed by atoms with Crippen LogP contribution in [0, 0.1) is 5.92 Å². The van der Waals surface area contributed by atoms with Crippen LogP contribution in [0.4, 0.5) is 0 Å². The molecule has 1 aliphatic rings. The van der Waals surface area contributed by atoms with Crippen molar-refractivity contribution in [1.29, 1.82) is 0 Å². The predicted molar refractivity (Wildman–Crippen MR) is 92.0 cm³/mol. The summed E-state index contributed by atoms with van der Waals surface area (Å²) in [7, 11) is 0. The number of hydrogen-bond donors (Lipinski definition) is 0. The van der Waals surface area contributed by atoms with Crippen molar-refractivity contribution in [3.63, 3.8) is 0 Å². The lowest BCUT2D eigenvalue weighted by Gasteiger charge is -2.31. The Kier molecular flexibility index (Phi) is 5.26. The van der Waals surface area contributed by atoms with E-state index in [2.05, 4.69) is 36.1 Å². The smallest absolute Gasteiger partial charge is 0.0951 e. The molecule has 2 heterocycles. The van der Waals surface area contributed by atoms with Gasteiger partial charge in [-0.3, -0.25) is 0 Å². The second-order valence-electron chi connectivity index (χ2n) is 6.25. The van der Waals surface area contributed by atoms with Crippen LogP contribution in [0.5, 0.6) is 0 Å². The van der Waals surface area contributed by atoms with E-state index in [0.717, 1.165) is 17.9 Å². The minimum atomic E-state index is 0.989. The molecule has 0 N–H and O–H groups in total. The number of unbranched alkanes of at least 4 members (excludes halogenated alkanes) is 1. The number of piperidine rings is 1. The SMILES string of the molecule is CCCCC1CCN(CCc2nc3ccccc3s2)CC1. The molecule has 0 unspecified atom stereocenters. The molecule has 1 saturated heterocycles. The molecular formula is C18H26N2S. The molecule has 1 aromatic carbocycles. The number of nitrogens with zero attached hydrogens (tertiary/aromatic N) is 2. The quantitative estimate of drug-likeness (QED) is 0.766. The molecule has 0 amide bonds. The number of aromatic nitrogens is 1. The zero-order valence-corrected chi connectivity index (χ0v) is 13.9. The van der Waals surface area contributed by atoms with E-state index >= 15 is 0 Å². The van der Waals surface area contributed by atoms with Crippen LogP contribution >= 0.6 is 11.3 Å². The molecule has 0 spiro atoms. The van der Waals surface area contributed by atoms with Crippen molar-refractivity contribution in [1.82, 2.24) is 9.88 Å². The number of hydrogen-bond acceptors (Lipinski definition) is 3. The van der Waals surface area contributed by atoms with Gasteiger partial charge in [-0.05, 0) is 44.0 Å². The average Bonchev–Trinajstić information content (AvgIpc) is 2.95. The van der Waals surface area contributed by atoms with Crippen molar-refractivity contribution < 1.29 is 0 Å². The van der Waals surface area contributed by atoms with Gasteiger partial charge in [0, 0.05) is 13.0 Å². The lowest BCUT2D eigenvalue weighted by atomic mass is 9.91. The summed E-state index contributed by atoms with van der Waals surface area (Å²) in [6.45, 7) is 6.06. The summed E-state index contributed by atoms with van der Waals surface area (Å²) < 4.78 is 1.32. The van der Waals surface area contributed by atoms with E-state index in [1.807, 2.05) is 11.3 Å². The van der Waals surface area contributed by atoms with Crippen LogP contribution in [0.3, 0.4) is 0 Å². The Morgan fingerprint density at radius 1 is 1.24 bits per heavy atom. The summed E-state index contributed by atoms with van der Waals surface area (Å²) in [5.41, 5.74) is 1.16. The first kappa shape index (κ1) is 15.0. The molecule has 3 heteroatoms. The minimum absolute atomic E-state index is 0.989. The van der Waals surface area contributed by atoms with Crippen LogP contribution in [0.25, 0.3) is 10.2 Å². The van der Waals surface area contributed by atoms with Crippen molar-refractivity contribution in [3.8, 4) is 0 Å². The molecular weight excluding hydrogens is 276 g/mol. The Labute approximate surface area is 132 Å². The van der Waals surface area contributed by atoms with Gasteiger partial charge in [0.15, 0.2) is 0 Å². The summed E-state index contributed by atoms with van der Waals surface area (Å²) in [6.07, 6.45) is 8.12. The Balaban J connectivity index is 1.45. The van der Waals surface area contributed by atoms with Crippen molar-refractivity contribution >= 4 is 21.6 Å². The van der Waals surface area contributed by atoms with Crippen molar-refractivity contribution in [2.24, 2.45) is 5.92 Å². The predicted octanol–water partition coefficient (Wildman–Crippen LogP) is 4.74. The number of thiazole rings is 1. The highest BCUT2D eigenvalue weighted by Crippen LogP contribution is 2.24. The molecule has 1 aliphatic heterocycles. The summed E-state index contributed by atoms with van der Waals surface area (Å²) >= 11 is 1.86. The maximum Gasteiger partial charge on any atom is 0.0951 e. The van der Waals surface area contributed by atoms with E-state index in [1.165, 1.54) is 61.4 Å². The highest BCUT2D eigenvalue weighted by molar-refractivity contribution is 7.18. The van der Waals surface area contributed by atoms with Crippen molar-refractivity contribution in [3.05, 3.63) is 29.3 Å². The van der Waals surface area contributed by atoms with Crippen LogP contribution in [0.15, 0.2) is 24.3 Å². The minimum Gasteiger partial charge on any atom is -0.303 e.